The summed E-state index contributed by atoms with van der Waals surface area (Å²) in [7, 11) is 1.30. The molecule has 0 saturated carbocycles. The molecule has 0 spiro atoms. The third-order valence-corrected chi connectivity index (χ3v) is 4.64. The third-order valence-electron chi connectivity index (χ3n) is 4.64. The van der Waals surface area contributed by atoms with E-state index in [4.69, 9.17) is 9.47 Å². The van der Waals surface area contributed by atoms with E-state index in [1.807, 2.05) is 38.1 Å². The molecule has 1 amide bonds. The maximum Gasteiger partial charge on any atom is 0.328 e. The van der Waals surface area contributed by atoms with Crippen LogP contribution in [-0.4, -0.2) is 36.7 Å². The zero-order valence-corrected chi connectivity index (χ0v) is 20.5. The van der Waals surface area contributed by atoms with Gasteiger partial charge in [-0.1, -0.05) is 58.6 Å². The molecule has 0 heterocycles. The second-order valence-corrected chi connectivity index (χ2v) is 9.04. The van der Waals surface area contributed by atoms with Gasteiger partial charge in [0, 0.05) is 22.3 Å². The van der Waals surface area contributed by atoms with Crippen LogP contribution < -0.4 is 10.4 Å². The van der Waals surface area contributed by atoms with Crippen molar-refractivity contribution >= 4 is 18.0 Å². The number of ether oxygens (including phenoxy) is 2. The van der Waals surface area contributed by atoms with E-state index >= 15 is 0 Å². The number of methoxy groups -OCH3 is 1. The number of nitrogens with one attached hydrogen (secondary N) is 1. The number of esters is 1. The first-order valence-electron chi connectivity index (χ1n) is 11.0. The number of carbonyl (C=O) groups is 2. The van der Waals surface area contributed by atoms with Crippen molar-refractivity contribution in [3.63, 3.8) is 0 Å². The lowest BCUT2D eigenvalue weighted by Crippen LogP contribution is -2.45. The summed E-state index contributed by atoms with van der Waals surface area (Å²) in [6.07, 6.45) is -0.585. The average molecular weight is 464 g/mol. The Kier molecular flexibility index (Phi) is 9.26. The number of carbonyl (C=O) groups excluding carboxylic acids is 2. The standard InChI is InChI=1S/C27H32N2O5/c1-18(2)23(25(31)33-6)29-24(30)22-15-13-20(14-16-22)8-7-19-9-11-21(12-10-19)17-28-26(32)34-27(3,4)5/h9-16,18,23H,17H2,1-6H3,(H,28,32)(H,29,30)/p-1/t23-/m0/s1. The Morgan fingerprint density at radius 3 is 2.00 bits per heavy atom. The number of aliphatic imine (C=N–C) groups is 1. The summed E-state index contributed by atoms with van der Waals surface area (Å²) in [5.74, 6) is 5.20. The van der Waals surface area contributed by atoms with Crippen LogP contribution >= 0.6 is 0 Å². The monoisotopic (exact) mass is 463 g/mol. The maximum atomic E-state index is 12.5. The van der Waals surface area contributed by atoms with Crippen LogP contribution in [0.5, 0.6) is 0 Å². The van der Waals surface area contributed by atoms with E-state index in [1.54, 1.807) is 45.0 Å². The first-order chi connectivity index (χ1) is 16.0. The van der Waals surface area contributed by atoms with Gasteiger partial charge in [-0.15, -0.1) is 0 Å². The Morgan fingerprint density at radius 2 is 1.53 bits per heavy atom. The Balaban J connectivity index is 1.99. The molecule has 0 saturated heterocycles. The molecule has 2 aromatic carbocycles. The van der Waals surface area contributed by atoms with Crippen molar-refractivity contribution in [3.05, 3.63) is 70.8 Å². The van der Waals surface area contributed by atoms with Crippen LogP contribution in [0, 0.1) is 17.8 Å². The van der Waals surface area contributed by atoms with Gasteiger partial charge in [0.1, 0.15) is 12.1 Å². The Bertz CT molecular complexity index is 1070. The highest BCUT2D eigenvalue weighted by Crippen LogP contribution is 2.10. The molecule has 0 aliphatic carbocycles. The molecule has 0 aliphatic heterocycles. The summed E-state index contributed by atoms with van der Waals surface area (Å²) in [6, 6.07) is 13.5. The van der Waals surface area contributed by atoms with Gasteiger partial charge in [0.25, 0.3) is 5.91 Å². The molecule has 1 N–H and O–H groups in total. The molecule has 0 unspecified atom stereocenters. The van der Waals surface area contributed by atoms with Crippen LogP contribution in [-0.2, 0) is 20.8 Å². The summed E-state index contributed by atoms with van der Waals surface area (Å²) in [5.41, 5.74) is 2.29. The third kappa shape index (κ3) is 8.62. The quantitative estimate of drug-likeness (QED) is 0.307. The summed E-state index contributed by atoms with van der Waals surface area (Å²) in [5, 5.41) is 14.4. The highest BCUT2D eigenvalue weighted by Gasteiger charge is 2.25. The first-order valence-corrected chi connectivity index (χ1v) is 11.0. The second-order valence-electron chi connectivity index (χ2n) is 9.04. The molecule has 7 heteroatoms. The van der Waals surface area contributed by atoms with Gasteiger partial charge in [-0.25, -0.2) is 4.79 Å². The molecule has 2 rings (SSSR count). The Labute approximate surface area is 201 Å². The molecule has 180 valence electrons. The summed E-state index contributed by atoms with van der Waals surface area (Å²) >= 11 is 0. The number of rotatable bonds is 6. The number of benzene rings is 2. The fourth-order valence-corrected chi connectivity index (χ4v) is 2.84. The van der Waals surface area contributed by atoms with Crippen molar-refractivity contribution < 1.29 is 24.2 Å². The lowest BCUT2D eigenvalue weighted by molar-refractivity contribution is -0.260. The van der Waals surface area contributed by atoms with E-state index in [-0.39, 0.29) is 18.4 Å². The van der Waals surface area contributed by atoms with Gasteiger partial charge in [0.15, 0.2) is 0 Å². The van der Waals surface area contributed by atoms with Gasteiger partial charge in [-0.2, -0.15) is 0 Å². The van der Waals surface area contributed by atoms with E-state index < -0.39 is 23.7 Å². The highest BCUT2D eigenvalue weighted by molar-refractivity contribution is 5.96. The topological polar surface area (TPSA) is 100 Å². The number of nitrogens with zero attached hydrogens (tertiary/aromatic N) is 1. The lowest BCUT2D eigenvalue weighted by atomic mass is 10.0. The predicted molar refractivity (Wildman–Crippen MR) is 129 cm³/mol. The molecule has 0 bridgehead atoms. The van der Waals surface area contributed by atoms with Gasteiger partial charge in [-0.05, 0) is 47.9 Å². The van der Waals surface area contributed by atoms with Gasteiger partial charge >= 0.3 is 5.97 Å². The zero-order chi connectivity index (χ0) is 25.3. The fourth-order valence-electron chi connectivity index (χ4n) is 2.84. The van der Waals surface area contributed by atoms with E-state index in [1.165, 1.54) is 7.11 Å². The normalized spacial score (nSPS) is 12.4. The molecule has 34 heavy (non-hydrogen) atoms. The summed E-state index contributed by atoms with van der Waals surface area (Å²) < 4.78 is 9.92. The molecule has 0 fully saturated rings. The van der Waals surface area contributed by atoms with Crippen molar-refractivity contribution in [1.82, 2.24) is 5.32 Å². The zero-order valence-electron chi connectivity index (χ0n) is 20.5. The highest BCUT2D eigenvalue weighted by atomic mass is 16.6. The van der Waals surface area contributed by atoms with Gasteiger partial charge < -0.3 is 19.9 Å². The minimum atomic E-state index is -0.711. The van der Waals surface area contributed by atoms with Crippen molar-refractivity contribution in [2.75, 3.05) is 7.11 Å². The molecular formula is C27H31N2O5-. The van der Waals surface area contributed by atoms with Crippen LogP contribution in [0.1, 0.15) is 61.7 Å². The van der Waals surface area contributed by atoms with Crippen LogP contribution in [0.25, 0.3) is 0 Å². The van der Waals surface area contributed by atoms with E-state index in [0.717, 1.165) is 16.7 Å². The molecule has 0 aromatic heterocycles. The minimum Gasteiger partial charge on any atom is -0.595 e. The smallest absolute Gasteiger partial charge is 0.328 e. The molecular weight excluding hydrogens is 432 g/mol. The lowest BCUT2D eigenvalue weighted by Gasteiger charge is -2.29. The van der Waals surface area contributed by atoms with Crippen LogP contribution in [0.3, 0.4) is 0 Å². The van der Waals surface area contributed by atoms with E-state index in [0.29, 0.717) is 5.56 Å². The van der Waals surface area contributed by atoms with Crippen molar-refractivity contribution in [2.45, 2.75) is 52.8 Å². The van der Waals surface area contributed by atoms with Gasteiger partial charge in [-0.3, -0.25) is 9.79 Å². The second kappa shape index (κ2) is 11.9. The van der Waals surface area contributed by atoms with E-state index in [2.05, 4.69) is 22.2 Å². The predicted octanol–water partition coefficient (Wildman–Crippen LogP) is 3.05. The number of hydrogen-bond donors (Lipinski definition) is 1. The molecule has 1 atom stereocenters. The maximum absolute atomic E-state index is 12.5. The molecule has 0 aliphatic rings. The van der Waals surface area contributed by atoms with Crippen LogP contribution in [0.4, 0.5) is 0 Å². The fraction of sp³-hybridized carbons (Fsp3) is 0.370. The van der Waals surface area contributed by atoms with Crippen LogP contribution in [0.2, 0.25) is 0 Å². The summed E-state index contributed by atoms with van der Waals surface area (Å²) in [4.78, 5) is 28.2. The molecule has 0 radical (unpaired) electrons. The van der Waals surface area contributed by atoms with Gasteiger partial charge in [0.2, 0.25) is 0 Å². The Morgan fingerprint density at radius 1 is 1.00 bits per heavy atom. The van der Waals surface area contributed by atoms with Crippen molar-refractivity contribution in [3.8, 4) is 11.8 Å². The first kappa shape index (κ1) is 26.5. The van der Waals surface area contributed by atoms with Crippen LogP contribution in [0.15, 0.2) is 53.5 Å². The van der Waals surface area contributed by atoms with Crippen molar-refractivity contribution in [2.24, 2.45) is 10.9 Å². The molecule has 2 aromatic rings. The minimum absolute atomic E-state index is 0.0982. The summed E-state index contributed by atoms with van der Waals surface area (Å²) in [6.45, 7) is 9.29. The number of hydrogen-bond acceptors (Lipinski definition) is 6. The number of amides is 1. The average Bonchev–Trinajstić information content (AvgIpc) is 2.79. The largest absolute Gasteiger partial charge is 0.595 e. The molecule has 7 nitrogen and oxygen atoms in total. The Hall–Kier alpha value is -3.79. The van der Waals surface area contributed by atoms with Gasteiger partial charge in [0.05, 0.1) is 13.7 Å². The van der Waals surface area contributed by atoms with Crippen molar-refractivity contribution in [1.29, 1.82) is 0 Å². The van der Waals surface area contributed by atoms with E-state index in [9.17, 15) is 14.7 Å². The SMILES string of the molecule is COC(=O)[C@@H](NC(=O)c1ccc(C#Cc2ccc(CN=C([O-])OC(C)(C)C)cc2)cc1)C(C)C.